The molecule has 2 aromatic carbocycles. The van der Waals surface area contributed by atoms with E-state index in [0.717, 1.165) is 5.69 Å². The van der Waals surface area contributed by atoms with E-state index in [9.17, 15) is 9.59 Å². The number of imide groups is 1. The fourth-order valence-electron chi connectivity index (χ4n) is 3.69. The van der Waals surface area contributed by atoms with E-state index < -0.39 is 5.91 Å². The number of benzene rings is 2. The van der Waals surface area contributed by atoms with Gasteiger partial charge in [-0.3, -0.25) is 19.5 Å². The maximum absolute atomic E-state index is 13.5. The molecule has 2 amide bonds. The van der Waals surface area contributed by atoms with Crippen molar-refractivity contribution in [2.75, 3.05) is 12.4 Å². The van der Waals surface area contributed by atoms with Crippen LogP contribution in [0.15, 0.2) is 78.6 Å². The van der Waals surface area contributed by atoms with Crippen LogP contribution < -0.4 is 10.1 Å². The van der Waals surface area contributed by atoms with Crippen LogP contribution in [-0.4, -0.2) is 28.8 Å². The molecule has 0 unspecified atom stereocenters. The number of nitrogens with zero attached hydrogens (tertiary/aromatic N) is 2. The summed E-state index contributed by atoms with van der Waals surface area (Å²) in [5.74, 6) is 0.148. The Balaban J connectivity index is 1.75. The molecule has 3 aromatic rings. The van der Waals surface area contributed by atoms with Crippen molar-refractivity contribution in [1.82, 2.24) is 9.88 Å². The molecule has 4 rings (SSSR count). The number of hydrogen-bond donors (Lipinski definition) is 1. The van der Waals surface area contributed by atoms with Gasteiger partial charge in [0, 0.05) is 17.4 Å². The highest BCUT2D eigenvalue weighted by Gasteiger charge is 2.40. The molecule has 1 aliphatic heterocycles. The highest BCUT2D eigenvalue weighted by atomic mass is 16.5. The summed E-state index contributed by atoms with van der Waals surface area (Å²) >= 11 is 0. The lowest BCUT2D eigenvalue weighted by molar-refractivity contribution is -0.137. The Bertz CT molecular complexity index is 1170. The Kier molecular flexibility index (Phi) is 6.03. The molecule has 1 aromatic heterocycles. The molecule has 0 radical (unpaired) electrons. The number of pyridine rings is 1. The summed E-state index contributed by atoms with van der Waals surface area (Å²) in [6.07, 6.45) is 1.64. The van der Waals surface area contributed by atoms with Crippen molar-refractivity contribution < 1.29 is 14.3 Å². The van der Waals surface area contributed by atoms with Crippen LogP contribution >= 0.6 is 0 Å². The van der Waals surface area contributed by atoms with Crippen LogP contribution in [0.5, 0.6) is 5.75 Å². The van der Waals surface area contributed by atoms with Crippen LogP contribution in [0.4, 0.5) is 5.69 Å². The molecule has 0 saturated heterocycles. The number of aromatic nitrogens is 1. The fourth-order valence-corrected chi connectivity index (χ4v) is 3.69. The van der Waals surface area contributed by atoms with E-state index in [1.165, 1.54) is 10.5 Å². The van der Waals surface area contributed by atoms with Crippen molar-refractivity contribution in [2.24, 2.45) is 0 Å². The second-order valence-electron chi connectivity index (χ2n) is 7.87. The number of para-hydroxylation sites is 1. The monoisotopic (exact) mass is 427 g/mol. The normalized spacial score (nSPS) is 13.8. The van der Waals surface area contributed by atoms with Gasteiger partial charge in [0.1, 0.15) is 11.4 Å². The average molecular weight is 428 g/mol. The lowest BCUT2D eigenvalue weighted by atomic mass is 10.0. The van der Waals surface area contributed by atoms with Gasteiger partial charge in [-0.25, -0.2) is 0 Å². The van der Waals surface area contributed by atoms with Gasteiger partial charge in [-0.15, -0.1) is 0 Å². The number of anilines is 1. The molecule has 1 aliphatic rings. The molecule has 0 atom stereocenters. The molecule has 0 spiro atoms. The van der Waals surface area contributed by atoms with Crippen LogP contribution in [0, 0.1) is 0 Å². The molecule has 0 aliphatic carbocycles. The van der Waals surface area contributed by atoms with Crippen LogP contribution in [-0.2, 0) is 16.1 Å². The molecule has 1 N–H and O–H groups in total. The van der Waals surface area contributed by atoms with E-state index in [0.29, 0.717) is 22.9 Å². The SMILES string of the molecule is COc1ccccc1C1=C(Nc2ccc(C(C)C)cc2)C(=O)N(Cc2ccccn2)C1=O. The van der Waals surface area contributed by atoms with E-state index in [1.807, 2.05) is 42.5 Å². The van der Waals surface area contributed by atoms with Gasteiger partial charge in [0.2, 0.25) is 0 Å². The number of carbonyl (C=O) groups is 2. The maximum atomic E-state index is 13.5. The van der Waals surface area contributed by atoms with Gasteiger partial charge >= 0.3 is 0 Å². The number of carbonyl (C=O) groups excluding carboxylic acids is 2. The van der Waals surface area contributed by atoms with E-state index in [-0.39, 0.29) is 23.7 Å². The van der Waals surface area contributed by atoms with Crippen LogP contribution in [0.3, 0.4) is 0 Å². The van der Waals surface area contributed by atoms with Gasteiger partial charge in [-0.1, -0.05) is 50.2 Å². The average Bonchev–Trinajstić information content (AvgIpc) is 3.04. The van der Waals surface area contributed by atoms with Crippen LogP contribution in [0.25, 0.3) is 5.57 Å². The van der Waals surface area contributed by atoms with Crippen LogP contribution in [0.1, 0.15) is 36.6 Å². The summed E-state index contributed by atoms with van der Waals surface area (Å²) in [6, 6.07) is 20.5. The number of hydrogen-bond acceptors (Lipinski definition) is 5. The fraction of sp³-hybridized carbons (Fsp3) is 0.192. The van der Waals surface area contributed by atoms with Gasteiger partial charge in [0.25, 0.3) is 11.8 Å². The Morgan fingerprint density at radius 3 is 2.31 bits per heavy atom. The third-order valence-corrected chi connectivity index (χ3v) is 5.44. The first-order valence-electron chi connectivity index (χ1n) is 10.5. The van der Waals surface area contributed by atoms with E-state index in [1.54, 1.807) is 37.6 Å². The van der Waals surface area contributed by atoms with Gasteiger partial charge in [0.05, 0.1) is 24.9 Å². The zero-order valence-electron chi connectivity index (χ0n) is 18.3. The number of methoxy groups -OCH3 is 1. The summed E-state index contributed by atoms with van der Waals surface area (Å²) in [5, 5.41) is 3.19. The van der Waals surface area contributed by atoms with Crippen molar-refractivity contribution >= 4 is 23.1 Å². The van der Waals surface area contributed by atoms with E-state index >= 15 is 0 Å². The minimum Gasteiger partial charge on any atom is -0.496 e. The summed E-state index contributed by atoms with van der Waals surface area (Å²) in [6.45, 7) is 4.34. The topological polar surface area (TPSA) is 71.5 Å². The minimum atomic E-state index is -0.394. The number of rotatable bonds is 7. The van der Waals surface area contributed by atoms with Gasteiger partial charge in [-0.2, -0.15) is 0 Å². The van der Waals surface area contributed by atoms with E-state index in [4.69, 9.17) is 4.74 Å². The van der Waals surface area contributed by atoms with Crippen molar-refractivity contribution in [3.63, 3.8) is 0 Å². The number of amides is 2. The third kappa shape index (κ3) is 4.12. The summed E-state index contributed by atoms with van der Waals surface area (Å²) in [4.78, 5) is 32.3. The van der Waals surface area contributed by atoms with Gasteiger partial charge in [-0.05, 0) is 41.8 Å². The van der Waals surface area contributed by atoms with E-state index in [2.05, 4.69) is 24.1 Å². The highest BCUT2D eigenvalue weighted by molar-refractivity contribution is 6.36. The molecule has 0 bridgehead atoms. The van der Waals surface area contributed by atoms with Crippen molar-refractivity contribution in [3.8, 4) is 5.75 Å². The summed E-state index contributed by atoms with van der Waals surface area (Å²) in [5.41, 5.74) is 3.65. The first kappa shape index (κ1) is 21.3. The largest absolute Gasteiger partial charge is 0.496 e. The Labute approximate surface area is 187 Å². The Morgan fingerprint density at radius 1 is 0.938 bits per heavy atom. The standard InChI is InChI=1S/C26H25N3O3/c1-17(2)18-11-13-19(14-12-18)28-24-23(21-9-4-5-10-22(21)32-3)25(30)29(26(24)31)16-20-8-6-7-15-27-20/h4-15,17,28H,16H2,1-3H3. The predicted molar refractivity (Wildman–Crippen MR) is 124 cm³/mol. The van der Waals surface area contributed by atoms with Crippen molar-refractivity contribution in [1.29, 1.82) is 0 Å². The first-order valence-corrected chi connectivity index (χ1v) is 10.5. The lowest BCUT2D eigenvalue weighted by Crippen LogP contribution is -2.32. The minimum absolute atomic E-state index is 0.0919. The Hall–Kier alpha value is -3.93. The van der Waals surface area contributed by atoms with Crippen molar-refractivity contribution in [2.45, 2.75) is 26.3 Å². The quantitative estimate of drug-likeness (QED) is 0.558. The number of nitrogens with one attached hydrogen (secondary N) is 1. The second kappa shape index (κ2) is 9.06. The zero-order valence-corrected chi connectivity index (χ0v) is 18.3. The Morgan fingerprint density at radius 2 is 1.66 bits per heavy atom. The molecular weight excluding hydrogens is 402 g/mol. The molecular formula is C26H25N3O3. The lowest BCUT2D eigenvalue weighted by Gasteiger charge is -2.15. The summed E-state index contributed by atoms with van der Waals surface area (Å²) in [7, 11) is 1.55. The van der Waals surface area contributed by atoms with Crippen LogP contribution in [0.2, 0.25) is 0 Å². The summed E-state index contributed by atoms with van der Waals surface area (Å²) < 4.78 is 5.48. The molecule has 2 heterocycles. The highest BCUT2D eigenvalue weighted by Crippen LogP contribution is 2.35. The molecule has 0 fully saturated rings. The smallest absolute Gasteiger partial charge is 0.278 e. The maximum Gasteiger partial charge on any atom is 0.278 e. The first-order chi connectivity index (χ1) is 15.5. The number of ether oxygens (including phenoxy) is 1. The van der Waals surface area contributed by atoms with Gasteiger partial charge in [0.15, 0.2) is 0 Å². The molecule has 6 nitrogen and oxygen atoms in total. The van der Waals surface area contributed by atoms with Gasteiger partial charge < -0.3 is 10.1 Å². The molecule has 32 heavy (non-hydrogen) atoms. The second-order valence-corrected chi connectivity index (χ2v) is 7.87. The molecule has 0 saturated carbocycles. The van der Waals surface area contributed by atoms with Crippen molar-refractivity contribution in [3.05, 3.63) is 95.4 Å². The predicted octanol–water partition coefficient (Wildman–Crippen LogP) is 4.61. The molecule has 162 valence electrons. The third-order valence-electron chi connectivity index (χ3n) is 5.44. The molecule has 6 heteroatoms. The zero-order chi connectivity index (χ0) is 22.7.